The van der Waals surface area contributed by atoms with E-state index in [1.165, 1.54) is 12.3 Å². The molecule has 2 heterocycles. The number of carbonyl (C=O) groups excluding carboxylic acids is 2. The minimum absolute atomic E-state index is 0.239. The molecule has 1 aliphatic heterocycles. The van der Waals surface area contributed by atoms with Gasteiger partial charge in [-0.1, -0.05) is 48.5 Å². The van der Waals surface area contributed by atoms with E-state index in [9.17, 15) is 14.0 Å². The van der Waals surface area contributed by atoms with Gasteiger partial charge in [-0.2, -0.15) is 0 Å². The first-order valence-electron chi connectivity index (χ1n) is 9.99. The van der Waals surface area contributed by atoms with Crippen LogP contribution in [0.1, 0.15) is 21.5 Å². The highest BCUT2D eigenvalue weighted by molar-refractivity contribution is 6.20. The highest BCUT2D eigenvalue weighted by Crippen LogP contribution is 2.25. The average molecular weight is 424 g/mol. The molecule has 0 spiro atoms. The van der Waals surface area contributed by atoms with Crippen molar-refractivity contribution in [2.45, 2.75) is 6.17 Å². The summed E-state index contributed by atoms with van der Waals surface area (Å²) in [5.74, 6) is -1.50. The van der Waals surface area contributed by atoms with Crippen molar-refractivity contribution in [3.8, 4) is 0 Å². The molecule has 7 heteroatoms. The Hall–Kier alpha value is -4.39. The number of rotatable bonds is 3. The number of hydrogen-bond donors (Lipinski definition) is 2. The van der Waals surface area contributed by atoms with Crippen LogP contribution in [-0.2, 0) is 4.79 Å². The van der Waals surface area contributed by atoms with Crippen LogP contribution in [0.15, 0.2) is 90.1 Å². The third-order valence-electron chi connectivity index (χ3n) is 5.20. The molecule has 2 N–H and O–H groups in total. The fourth-order valence-electron chi connectivity index (χ4n) is 3.63. The van der Waals surface area contributed by atoms with Crippen LogP contribution in [0, 0.1) is 5.82 Å². The number of para-hydroxylation sites is 2. The average Bonchev–Trinajstić information content (AvgIpc) is 2.95. The molecule has 0 aliphatic carbocycles. The van der Waals surface area contributed by atoms with Gasteiger partial charge in [0.2, 0.25) is 6.17 Å². The quantitative estimate of drug-likeness (QED) is 0.523. The molecule has 1 atom stereocenters. The number of fused-ring (bicyclic) bond motifs is 2. The Balaban J connectivity index is 1.54. The third-order valence-corrected chi connectivity index (χ3v) is 5.20. The van der Waals surface area contributed by atoms with E-state index in [0.717, 1.165) is 10.9 Å². The molecule has 5 rings (SSSR count). The number of hydrogen-bond acceptors (Lipinski definition) is 4. The zero-order valence-electron chi connectivity index (χ0n) is 16.7. The SMILES string of the molecule is O=C(N[C@H]1N=C(c2ccccc2F)c2ccccc2NC1=O)c1cnc2ccccc2c1. The molecule has 0 radical (unpaired) electrons. The van der Waals surface area contributed by atoms with Crippen molar-refractivity contribution in [2.75, 3.05) is 5.32 Å². The fraction of sp³-hybridized carbons (Fsp3) is 0.0400. The molecule has 156 valence electrons. The van der Waals surface area contributed by atoms with Gasteiger partial charge in [0, 0.05) is 22.7 Å². The number of pyridine rings is 1. The maximum absolute atomic E-state index is 14.6. The number of aromatic nitrogens is 1. The number of benzodiazepines with no additional fused rings is 1. The standard InChI is InChI=1S/C25H17FN4O2/c26-19-10-4-2-8-17(19)22-18-9-3-6-12-21(18)28-25(32)23(29-22)30-24(31)16-13-15-7-1-5-11-20(15)27-14-16/h1-14,23H,(H,28,32)(H,30,31)/t23-/m1/s1. The highest BCUT2D eigenvalue weighted by atomic mass is 19.1. The number of anilines is 1. The predicted octanol–water partition coefficient (Wildman–Crippen LogP) is 3.92. The Labute approximate surface area is 182 Å². The first-order chi connectivity index (χ1) is 15.6. The van der Waals surface area contributed by atoms with Crippen molar-refractivity contribution in [2.24, 2.45) is 4.99 Å². The van der Waals surface area contributed by atoms with Crippen LogP contribution in [0.4, 0.5) is 10.1 Å². The molecule has 0 bridgehead atoms. The van der Waals surface area contributed by atoms with Gasteiger partial charge < -0.3 is 10.6 Å². The lowest BCUT2D eigenvalue weighted by Gasteiger charge is -2.13. The minimum Gasteiger partial charge on any atom is -0.322 e. The van der Waals surface area contributed by atoms with Crippen LogP contribution in [0.3, 0.4) is 0 Å². The van der Waals surface area contributed by atoms with Crippen LogP contribution in [0.25, 0.3) is 10.9 Å². The van der Waals surface area contributed by atoms with Crippen LogP contribution >= 0.6 is 0 Å². The molecule has 0 unspecified atom stereocenters. The van der Waals surface area contributed by atoms with Gasteiger partial charge >= 0.3 is 0 Å². The Bertz CT molecular complexity index is 1400. The van der Waals surface area contributed by atoms with E-state index in [4.69, 9.17) is 0 Å². The lowest BCUT2D eigenvalue weighted by atomic mass is 10.0. The van der Waals surface area contributed by atoms with Gasteiger partial charge in [0.1, 0.15) is 5.82 Å². The van der Waals surface area contributed by atoms with Gasteiger partial charge in [-0.05, 0) is 30.3 Å². The first kappa shape index (κ1) is 19.6. The van der Waals surface area contributed by atoms with Crippen molar-refractivity contribution in [3.05, 3.63) is 108 Å². The van der Waals surface area contributed by atoms with Gasteiger partial charge in [-0.25, -0.2) is 9.38 Å². The Morgan fingerprint density at radius 2 is 1.66 bits per heavy atom. The smallest absolute Gasteiger partial charge is 0.269 e. The first-order valence-corrected chi connectivity index (χ1v) is 9.99. The van der Waals surface area contributed by atoms with E-state index in [1.807, 2.05) is 24.3 Å². The Morgan fingerprint density at radius 1 is 0.938 bits per heavy atom. The second-order valence-corrected chi connectivity index (χ2v) is 7.29. The predicted molar refractivity (Wildman–Crippen MR) is 120 cm³/mol. The molecular weight excluding hydrogens is 407 g/mol. The van der Waals surface area contributed by atoms with E-state index in [0.29, 0.717) is 16.8 Å². The lowest BCUT2D eigenvalue weighted by molar-refractivity contribution is -0.117. The van der Waals surface area contributed by atoms with Crippen molar-refractivity contribution in [1.29, 1.82) is 0 Å². The molecule has 1 aromatic heterocycles. The van der Waals surface area contributed by atoms with Crippen molar-refractivity contribution in [1.82, 2.24) is 10.3 Å². The Kier molecular flexibility index (Phi) is 4.91. The highest BCUT2D eigenvalue weighted by Gasteiger charge is 2.28. The van der Waals surface area contributed by atoms with Crippen LogP contribution in [0.2, 0.25) is 0 Å². The summed E-state index contributed by atoms with van der Waals surface area (Å²) < 4.78 is 14.6. The summed E-state index contributed by atoms with van der Waals surface area (Å²) >= 11 is 0. The topological polar surface area (TPSA) is 83.5 Å². The number of amides is 2. The number of halogens is 1. The third kappa shape index (κ3) is 3.60. The summed E-state index contributed by atoms with van der Waals surface area (Å²) in [7, 11) is 0. The van der Waals surface area contributed by atoms with Crippen LogP contribution in [-0.4, -0.2) is 28.7 Å². The summed E-state index contributed by atoms with van der Waals surface area (Å²) in [5, 5.41) is 6.21. The van der Waals surface area contributed by atoms with Gasteiger partial charge in [-0.15, -0.1) is 0 Å². The van der Waals surface area contributed by atoms with Crippen molar-refractivity contribution in [3.63, 3.8) is 0 Å². The monoisotopic (exact) mass is 424 g/mol. The van der Waals surface area contributed by atoms with Crippen molar-refractivity contribution >= 4 is 34.1 Å². The minimum atomic E-state index is -1.25. The summed E-state index contributed by atoms with van der Waals surface area (Å²) in [6.07, 6.45) is 0.193. The van der Waals surface area contributed by atoms with Crippen molar-refractivity contribution < 1.29 is 14.0 Å². The number of aliphatic imine (C=N–C) groups is 1. The maximum atomic E-state index is 14.6. The normalized spacial score (nSPS) is 15.3. The summed E-state index contributed by atoms with van der Waals surface area (Å²) in [6, 6.07) is 22.3. The van der Waals surface area contributed by atoms with Crippen LogP contribution in [0.5, 0.6) is 0 Å². The molecule has 6 nitrogen and oxygen atoms in total. The van der Waals surface area contributed by atoms with E-state index < -0.39 is 23.8 Å². The van der Waals surface area contributed by atoms with E-state index in [1.54, 1.807) is 48.5 Å². The molecule has 4 aromatic rings. The number of carbonyl (C=O) groups is 2. The number of nitrogens with zero attached hydrogens (tertiary/aromatic N) is 2. The molecular formula is C25H17FN4O2. The van der Waals surface area contributed by atoms with Gasteiger partial charge in [0.05, 0.1) is 22.5 Å². The summed E-state index contributed by atoms with van der Waals surface area (Å²) in [5.41, 5.74) is 2.62. The van der Waals surface area contributed by atoms with Gasteiger partial charge in [0.25, 0.3) is 11.8 Å². The van der Waals surface area contributed by atoms with E-state index in [2.05, 4.69) is 20.6 Å². The Morgan fingerprint density at radius 3 is 2.50 bits per heavy atom. The molecule has 3 aromatic carbocycles. The summed E-state index contributed by atoms with van der Waals surface area (Å²) in [6.45, 7) is 0. The van der Waals surface area contributed by atoms with Gasteiger partial charge in [0.15, 0.2) is 0 Å². The van der Waals surface area contributed by atoms with Crippen LogP contribution < -0.4 is 10.6 Å². The maximum Gasteiger partial charge on any atom is 0.269 e. The largest absolute Gasteiger partial charge is 0.322 e. The summed E-state index contributed by atoms with van der Waals surface area (Å²) in [4.78, 5) is 34.6. The van der Waals surface area contributed by atoms with E-state index >= 15 is 0 Å². The molecule has 32 heavy (non-hydrogen) atoms. The molecule has 0 saturated heterocycles. The number of nitrogens with one attached hydrogen (secondary N) is 2. The molecule has 2 amide bonds. The zero-order valence-corrected chi connectivity index (χ0v) is 16.7. The van der Waals surface area contributed by atoms with Gasteiger partial charge in [-0.3, -0.25) is 14.6 Å². The molecule has 1 aliphatic rings. The fourth-order valence-corrected chi connectivity index (χ4v) is 3.63. The molecule has 0 saturated carbocycles. The second-order valence-electron chi connectivity index (χ2n) is 7.29. The van der Waals surface area contributed by atoms with E-state index in [-0.39, 0.29) is 11.3 Å². The molecule has 0 fully saturated rings. The lowest BCUT2D eigenvalue weighted by Crippen LogP contribution is -2.42. The number of benzene rings is 3. The second kappa shape index (κ2) is 8.03. The zero-order chi connectivity index (χ0) is 22.1.